The lowest BCUT2D eigenvalue weighted by Crippen LogP contribution is -2.39. The molecule has 0 bridgehead atoms. The van der Waals surface area contributed by atoms with Crippen LogP contribution in [0.15, 0.2) is 0 Å². The van der Waals surface area contributed by atoms with Crippen molar-refractivity contribution in [3.05, 3.63) is 0 Å². The summed E-state index contributed by atoms with van der Waals surface area (Å²) in [6, 6.07) is 0. The van der Waals surface area contributed by atoms with Gasteiger partial charge >= 0.3 is 5.97 Å². The molecule has 0 spiro atoms. The number of hydrogen-bond acceptors (Lipinski definition) is 4. The molecule has 0 aromatic rings. The summed E-state index contributed by atoms with van der Waals surface area (Å²) in [6.07, 6.45) is 1.58. The number of carbonyl (C=O) groups excluding carboxylic acids is 1. The number of ether oxygens (including phenoxy) is 2. The molecule has 0 aliphatic carbocycles. The first-order valence-electron chi connectivity index (χ1n) is 4.61. The molecule has 1 fully saturated rings. The van der Waals surface area contributed by atoms with Crippen LogP contribution in [0.1, 0.15) is 12.8 Å². The van der Waals surface area contributed by atoms with Gasteiger partial charge in [-0.3, -0.25) is 0 Å². The zero-order valence-corrected chi connectivity index (χ0v) is 9.43. The van der Waals surface area contributed by atoms with Crippen molar-refractivity contribution in [1.82, 2.24) is 5.32 Å². The Kier molecular flexibility index (Phi) is 6.87. The summed E-state index contributed by atoms with van der Waals surface area (Å²) < 4.78 is 9.81. The first-order chi connectivity index (χ1) is 6.29. The Morgan fingerprint density at radius 3 is 2.36 bits per heavy atom. The highest BCUT2D eigenvalue weighted by Gasteiger charge is 2.29. The third-order valence-electron chi connectivity index (χ3n) is 2.50. The smallest absolute Gasteiger partial charge is 0.335 e. The molecule has 0 amide bonds. The third kappa shape index (κ3) is 3.44. The van der Waals surface area contributed by atoms with Crippen LogP contribution in [0.4, 0.5) is 0 Å². The summed E-state index contributed by atoms with van der Waals surface area (Å²) in [6.45, 7) is 1.92. The minimum atomic E-state index is -0.382. The molecule has 1 unspecified atom stereocenters. The Morgan fingerprint density at radius 2 is 1.93 bits per heavy atom. The van der Waals surface area contributed by atoms with Crippen molar-refractivity contribution in [2.45, 2.75) is 18.9 Å². The minimum absolute atomic E-state index is 0. The predicted molar refractivity (Wildman–Crippen MR) is 55.7 cm³/mol. The van der Waals surface area contributed by atoms with Crippen molar-refractivity contribution in [3.63, 3.8) is 0 Å². The van der Waals surface area contributed by atoms with E-state index in [-0.39, 0.29) is 24.5 Å². The highest BCUT2D eigenvalue weighted by Crippen LogP contribution is 2.19. The maximum absolute atomic E-state index is 11.3. The van der Waals surface area contributed by atoms with Crippen molar-refractivity contribution in [2.24, 2.45) is 5.92 Å². The molecule has 0 radical (unpaired) electrons. The highest BCUT2D eigenvalue weighted by molar-refractivity contribution is 5.85. The van der Waals surface area contributed by atoms with E-state index >= 15 is 0 Å². The van der Waals surface area contributed by atoms with E-state index in [0.29, 0.717) is 5.92 Å². The predicted octanol–water partition coefficient (Wildman–Crippen LogP) is 0.596. The Balaban J connectivity index is 0.00000169. The summed E-state index contributed by atoms with van der Waals surface area (Å²) in [7, 11) is 2.96. The van der Waals surface area contributed by atoms with Gasteiger partial charge in [-0.2, -0.15) is 0 Å². The van der Waals surface area contributed by atoms with Crippen LogP contribution in [-0.4, -0.2) is 39.4 Å². The molecular formula is C9H18ClNO3. The monoisotopic (exact) mass is 223 g/mol. The van der Waals surface area contributed by atoms with E-state index in [2.05, 4.69) is 10.1 Å². The van der Waals surface area contributed by atoms with Gasteiger partial charge in [0, 0.05) is 7.11 Å². The lowest BCUT2D eigenvalue weighted by molar-refractivity contribution is -0.156. The van der Waals surface area contributed by atoms with Crippen LogP contribution in [0.2, 0.25) is 0 Å². The van der Waals surface area contributed by atoms with E-state index in [1.54, 1.807) is 7.11 Å². The van der Waals surface area contributed by atoms with E-state index in [4.69, 9.17) is 4.74 Å². The topological polar surface area (TPSA) is 47.6 Å². The molecule has 1 rings (SSSR count). The Labute approximate surface area is 90.7 Å². The summed E-state index contributed by atoms with van der Waals surface area (Å²) in [5, 5.41) is 3.24. The Morgan fingerprint density at radius 1 is 1.36 bits per heavy atom. The first kappa shape index (κ1) is 13.7. The average Bonchev–Trinajstić information content (AvgIpc) is 2.20. The second kappa shape index (κ2) is 7.04. The standard InChI is InChI=1S/C9H17NO3.ClH/c1-12-8(9(11)13-2)7-3-5-10-6-4-7;/h7-8,10H,3-6H2,1-2H3;1H. The summed E-state index contributed by atoms with van der Waals surface area (Å²) >= 11 is 0. The van der Waals surface area contributed by atoms with Gasteiger partial charge in [-0.25, -0.2) is 4.79 Å². The van der Waals surface area contributed by atoms with E-state index in [1.807, 2.05) is 0 Å². The van der Waals surface area contributed by atoms with Crippen LogP contribution in [0.25, 0.3) is 0 Å². The zero-order chi connectivity index (χ0) is 9.68. The quantitative estimate of drug-likeness (QED) is 0.712. The van der Waals surface area contributed by atoms with Crippen molar-refractivity contribution < 1.29 is 14.3 Å². The lowest BCUT2D eigenvalue weighted by Gasteiger charge is -2.27. The third-order valence-corrected chi connectivity index (χ3v) is 2.50. The molecule has 1 saturated heterocycles. The number of methoxy groups -OCH3 is 2. The van der Waals surface area contributed by atoms with Crippen LogP contribution in [-0.2, 0) is 14.3 Å². The van der Waals surface area contributed by atoms with Gasteiger partial charge in [-0.1, -0.05) is 0 Å². The van der Waals surface area contributed by atoms with Crippen LogP contribution in [0.5, 0.6) is 0 Å². The van der Waals surface area contributed by atoms with Crippen LogP contribution in [0, 0.1) is 5.92 Å². The number of rotatable bonds is 3. The van der Waals surface area contributed by atoms with Gasteiger partial charge in [0.2, 0.25) is 0 Å². The van der Waals surface area contributed by atoms with Gasteiger partial charge in [0.15, 0.2) is 6.10 Å². The van der Waals surface area contributed by atoms with Crippen molar-refractivity contribution in [3.8, 4) is 0 Å². The molecule has 1 atom stereocenters. The molecular weight excluding hydrogens is 206 g/mol. The fraction of sp³-hybridized carbons (Fsp3) is 0.889. The fourth-order valence-corrected chi connectivity index (χ4v) is 1.74. The molecule has 0 saturated carbocycles. The summed E-state index contributed by atoms with van der Waals surface area (Å²) in [5.74, 6) is 0.0492. The van der Waals surface area contributed by atoms with Gasteiger partial charge in [-0.05, 0) is 31.8 Å². The van der Waals surface area contributed by atoms with Gasteiger partial charge < -0.3 is 14.8 Å². The summed E-state index contributed by atoms with van der Waals surface area (Å²) in [5.41, 5.74) is 0. The molecule has 0 aromatic heterocycles. The van der Waals surface area contributed by atoms with Gasteiger partial charge in [0.1, 0.15) is 0 Å². The number of nitrogens with one attached hydrogen (secondary N) is 1. The second-order valence-electron chi connectivity index (χ2n) is 3.27. The van der Waals surface area contributed by atoms with Crippen LogP contribution >= 0.6 is 12.4 Å². The molecule has 84 valence electrons. The maximum atomic E-state index is 11.3. The zero-order valence-electron chi connectivity index (χ0n) is 8.62. The normalized spacial score (nSPS) is 19.6. The van der Waals surface area contributed by atoms with Gasteiger partial charge in [0.05, 0.1) is 7.11 Å². The Bertz CT molecular complexity index is 171. The molecule has 0 aromatic carbocycles. The molecule has 1 aliphatic heterocycles. The van der Waals surface area contributed by atoms with Crippen molar-refractivity contribution in [1.29, 1.82) is 0 Å². The molecule has 1 aliphatic rings. The van der Waals surface area contributed by atoms with Crippen molar-refractivity contribution in [2.75, 3.05) is 27.3 Å². The number of hydrogen-bond donors (Lipinski definition) is 1. The molecule has 1 N–H and O–H groups in total. The molecule has 1 heterocycles. The second-order valence-corrected chi connectivity index (χ2v) is 3.27. The van der Waals surface area contributed by atoms with E-state index in [1.165, 1.54) is 7.11 Å². The number of halogens is 1. The Hall–Kier alpha value is -0.320. The lowest BCUT2D eigenvalue weighted by atomic mass is 9.92. The number of carbonyl (C=O) groups is 1. The molecule has 14 heavy (non-hydrogen) atoms. The number of esters is 1. The van der Waals surface area contributed by atoms with E-state index in [9.17, 15) is 4.79 Å². The van der Waals surface area contributed by atoms with Gasteiger partial charge in [0.25, 0.3) is 0 Å². The van der Waals surface area contributed by atoms with Crippen molar-refractivity contribution >= 4 is 18.4 Å². The molecule has 5 heteroatoms. The average molecular weight is 224 g/mol. The van der Waals surface area contributed by atoms with E-state index < -0.39 is 0 Å². The molecule has 4 nitrogen and oxygen atoms in total. The summed E-state index contributed by atoms with van der Waals surface area (Å²) in [4.78, 5) is 11.3. The van der Waals surface area contributed by atoms with E-state index in [0.717, 1.165) is 25.9 Å². The SMILES string of the molecule is COC(=O)C(OC)C1CCNCC1.Cl. The maximum Gasteiger partial charge on any atom is 0.335 e. The van der Waals surface area contributed by atoms with Crippen LogP contribution in [0.3, 0.4) is 0 Å². The fourth-order valence-electron chi connectivity index (χ4n) is 1.74. The highest BCUT2D eigenvalue weighted by atomic mass is 35.5. The first-order valence-corrected chi connectivity index (χ1v) is 4.61. The number of piperidine rings is 1. The van der Waals surface area contributed by atoms with Crippen LogP contribution < -0.4 is 5.32 Å². The van der Waals surface area contributed by atoms with Gasteiger partial charge in [-0.15, -0.1) is 12.4 Å². The largest absolute Gasteiger partial charge is 0.467 e. The minimum Gasteiger partial charge on any atom is -0.467 e.